The summed E-state index contributed by atoms with van der Waals surface area (Å²) >= 11 is 3.35. The van der Waals surface area contributed by atoms with Crippen molar-refractivity contribution < 1.29 is 4.39 Å². The maximum Gasteiger partial charge on any atom is 0.125 e. The number of rotatable bonds is 4. The van der Waals surface area contributed by atoms with Gasteiger partial charge in [0.1, 0.15) is 11.9 Å². The van der Waals surface area contributed by atoms with E-state index in [0.29, 0.717) is 5.56 Å². The van der Waals surface area contributed by atoms with Gasteiger partial charge in [0.2, 0.25) is 0 Å². The van der Waals surface area contributed by atoms with Gasteiger partial charge in [-0.3, -0.25) is 4.90 Å². The first-order valence-corrected chi connectivity index (χ1v) is 6.01. The van der Waals surface area contributed by atoms with Gasteiger partial charge in [0.25, 0.3) is 0 Å². The van der Waals surface area contributed by atoms with Crippen molar-refractivity contribution in [2.24, 2.45) is 0 Å². The van der Waals surface area contributed by atoms with Crippen molar-refractivity contribution in [3.05, 3.63) is 34.1 Å². The van der Waals surface area contributed by atoms with Gasteiger partial charge >= 0.3 is 0 Å². The largest absolute Gasteiger partial charge is 0.285 e. The predicted octanol–water partition coefficient (Wildman–Crippen LogP) is 3.49. The fraction of sp³-hybridized carbons (Fsp3) is 0.417. The molecular weight excluding hydrogens is 271 g/mol. The zero-order valence-corrected chi connectivity index (χ0v) is 11.0. The van der Waals surface area contributed by atoms with E-state index in [-0.39, 0.29) is 5.82 Å². The van der Waals surface area contributed by atoms with Gasteiger partial charge in [0.15, 0.2) is 0 Å². The number of nitriles is 1. The first-order valence-electron chi connectivity index (χ1n) is 5.22. The van der Waals surface area contributed by atoms with Gasteiger partial charge in [-0.15, -0.1) is 0 Å². The quantitative estimate of drug-likeness (QED) is 0.846. The first kappa shape index (κ1) is 13.1. The Morgan fingerprint density at radius 2 is 2.06 bits per heavy atom. The molecule has 0 fully saturated rings. The third-order valence-electron chi connectivity index (χ3n) is 2.55. The molecule has 1 rings (SSSR count). The minimum Gasteiger partial charge on any atom is -0.285 e. The van der Waals surface area contributed by atoms with Gasteiger partial charge in [-0.1, -0.05) is 29.8 Å². The summed E-state index contributed by atoms with van der Waals surface area (Å²) in [6, 6.07) is 6.24. The molecule has 0 aliphatic heterocycles. The average molecular weight is 285 g/mol. The fourth-order valence-electron chi connectivity index (χ4n) is 1.66. The van der Waals surface area contributed by atoms with Crippen molar-refractivity contribution in [1.82, 2.24) is 4.90 Å². The minimum atomic E-state index is -0.403. The first-order chi connectivity index (χ1) is 7.63. The average Bonchev–Trinajstić information content (AvgIpc) is 2.29. The highest BCUT2D eigenvalue weighted by molar-refractivity contribution is 9.10. The highest BCUT2D eigenvalue weighted by Gasteiger charge is 2.20. The lowest BCUT2D eigenvalue weighted by Crippen LogP contribution is -2.27. The molecule has 0 N–H and O–H groups in total. The van der Waals surface area contributed by atoms with E-state index in [2.05, 4.69) is 22.0 Å². The molecule has 86 valence electrons. The normalized spacial score (nSPS) is 12.5. The second-order valence-corrected chi connectivity index (χ2v) is 4.27. The predicted molar refractivity (Wildman–Crippen MR) is 65.4 cm³/mol. The summed E-state index contributed by atoms with van der Waals surface area (Å²) in [5.74, 6) is -0.314. The van der Waals surface area contributed by atoms with Crippen molar-refractivity contribution in [2.75, 3.05) is 13.1 Å². The molecule has 1 aromatic carbocycles. The van der Waals surface area contributed by atoms with Gasteiger partial charge in [-0.25, -0.2) is 4.39 Å². The molecule has 4 heteroatoms. The summed E-state index contributed by atoms with van der Waals surface area (Å²) < 4.78 is 13.9. The highest BCUT2D eigenvalue weighted by atomic mass is 79.9. The zero-order chi connectivity index (χ0) is 12.1. The van der Waals surface area contributed by atoms with Gasteiger partial charge in [0.05, 0.1) is 6.07 Å². The summed E-state index contributed by atoms with van der Waals surface area (Å²) in [5.41, 5.74) is 0.686. The minimum absolute atomic E-state index is 0.314. The third kappa shape index (κ3) is 2.81. The molecule has 1 aromatic rings. The molecular formula is C12H14BrFN2. The van der Waals surface area contributed by atoms with Crippen LogP contribution in [0, 0.1) is 17.1 Å². The summed E-state index contributed by atoms with van der Waals surface area (Å²) in [6.45, 7) is 5.50. The summed E-state index contributed by atoms with van der Waals surface area (Å²) in [6.07, 6.45) is 0. The number of hydrogen-bond acceptors (Lipinski definition) is 2. The maximum atomic E-state index is 13.2. The monoisotopic (exact) mass is 284 g/mol. The standard InChI is InChI=1S/C12H14BrFN2/c1-3-16(4-2)12(8-15)10-7-9(14)5-6-11(10)13/h5-7,12H,3-4H2,1-2H3. The van der Waals surface area contributed by atoms with E-state index in [1.54, 1.807) is 6.07 Å². The van der Waals surface area contributed by atoms with Gasteiger partial charge < -0.3 is 0 Å². The van der Waals surface area contributed by atoms with Crippen LogP contribution in [0.25, 0.3) is 0 Å². The van der Waals surface area contributed by atoms with Crippen molar-refractivity contribution in [2.45, 2.75) is 19.9 Å². The number of nitrogens with zero attached hydrogens (tertiary/aromatic N) is 2. The Hall–Kier alpha value is -0.920. The van der Waals surface area contributed by atoms with Crippen LogP contribution >= 0.6 is 15.9 Å². The van der Waals surface area contributed by atoms with Crippen LogP contribution in [0.2, 0.25) is 0 Å². The number of hydrogen-bond donors (Lipinski definition) is 0. The number of halogens is 2. The van der Waals surface area contributed by atoms with Crippen LogP contribution in [0.4, 0.5) is 4.39 Å². The second kappa shape index (κ2) is 5.97. The Bertz CT molecular complexity index is 396. The molecule has 0 saturated heterocycles. The summed E-state index contributed by atoms with van der Waals surface area (Å²) in [4.78, 5) is 1.99. The highest BCUT2D eigenvalue weighted by Crippen LogP contribution is 2.28. The molecule has 0 aromatic heterocycles. The second-order valence-electron chi connectivity index (χ2n) is 3.42. The van der Waals surface area contributed by atoms with Crippen LogP contribution in [0.15, 0.2) is 22.7 Å². The number of benzene rings is 1. The van der Waals surface area contributed by atoms with Crippen molar-refractivity contribution in [3.63, 3.8) is 0 Å². The molecule has 0 aliphatic rings. The van der Waals surface area contributed by atoms with E-state index >= 15 is 0 Å². The molecule has 1 unspecified atom stereocenters. The topological polar surface area (TPSA) is 27.0 Å². The van der Waals surface area contributed by atoms with Crippen molar-refractivity contribution in [3.8, 4) is 6.07 Å². The maximum absolute atomic E-state index is 13.2. The molecule has 0 radical (unpaired) electrons. The molecule has 0 aliphatic carbocycles. The lowest BCUT2D eigenvalue weighted by atomic mass is 10.1. The molecule has 16 heavy (non-hydrogen) atoms. The molecule has 2 nitrogen and oxygen atoms in total. The molecule has 1 atom stereocenters. The summed E-state index contributed by atoms with van der Waals surface area (Å²) in [5, 5.41) is 9.19. The lowest BCUT2D eigenvalue weighted by molar-refractivity contribution is 0.261. The van der Waals surface area contributed by atoms with Crippen LogP contribution in [0.5, 0.6) is 0 Å². The van der Waals surface area contributed by atoms with E-state index in [0.717, 1.165) is 17.6 Å². The molecule has 0 spiro atoms. The van der Waals surface area contributed by atoms with Gasteiger partial charge in [-0.2, -0.15) is 5.26 Å². The van der Waals surface area contributed by atoms with Crippen LogP contribution in [0.3, 0.4) is 0 Å². The third-order valence-corrected chi connectivity index (χ3v) is 3.27. The molecule has 0 heterocycles. The Kier molecular flexibility index (Phi) is 4.91. The molecule has 0 bridgehead atoms. The Morgan fingerprint density at radius 3 is 2.56 bits per heavy atom. The Morgan fingerprint density at radius 1 is 1.44 bits per heavy atom. The van der Waals surface area contributed by atoms with Gasteiger partial charge in [-0.05, 0) is 31.3 Å². The van der Waals surface area contributed by atoms with E-state index in [4.69, 9.17) is 0 Å². The summed E-state index contributed by atoms with van der Waals surface area (Å²) in [7, 11) is 0. The Balaban J connectivity index is 3.13. The van der Waals surface area contributed by atoms with E-state index in [1.165, 1.54) is 12.1 Å². The van der Waals surface area contributed by atoms with E-state index in [1.807, 2.05) is 18.7 Å². The lowest BCUT2D eigenvalue weighted by Gasteiger charge is -2.25. The fourth-order valence-corrected chi connectivity index (χ4v) is 2.12. The van der Waals surface area contributed by atoms with Crippen LogP contribution in [-0.4, -0.2) is 18.0 Å². The van der Waals surface area contributed by atoms with Crippen LogP contribution in [0.1, 0.15) is 25.5 Å². The van der Waals surface area contributed by atoms with E-state index < -0.39 is 6.04 Å². The van der Waals surface area contributed by atoms with Crippen molar-refractivity contribution in [1.29, 1.82) is 5.26 Å². The van der Waals surface area contributed by atoms with Crippen molar-refractivity contribution >= 4 is 15.9 Å². The smallest absolute Gasteiger partial charge is 0.125 e. The molecule has 0 saturated carbocycles. The zero-order valence-electron chi connectivity index (χ0n) is 9.37. The SMILES string of the molecule is CCN(CC)C(C#N)c1cc(F)ccc1Br. The van der Waals surface area contributed by atoms with Crippen LogP contribution < -0.4 is 0 Å². The Labute approximate surface area is 104 Å². The van der Waals surface area contributed by atoms with Crippen LogP contribution in [-0.2, 0) is 0 Å². The van der Waals surface area contributed by atoms with Gasteiger partial charge in [0, 0.05) is 10.0 Å². The van der Waals surface area contributed by atoms with E-state index in [9.17, 15) is 9.65 Å². The molecule has 0 amide bonds.